The Morgan fingerprint density at radius 2 is 1.00 bits per heavy atom. The van der Waals surface area contributed by atoms with E-state index >= 15 is 0 Å². The van der Waals surface area contributed by atoms with Crippen LogP contribution in [0.15, 0.2) is 24.3 Å². The minimum atomic E-state index is -5.14. The predicted octanol–water partition coefficient (Wildman–Crippen LogP) is 7.59. The summed E-state index contributed by atoms with van der Waals surface area (Å²) in [6.45, 7) is 3.72. The zero-order valence-corrected chi connectivity index (χ0v) is 37.6. The van der Waals surface area contributed by atoms with Crippen LogP contribution < -0.4 is 5.32 Å². The number of unbranched alkanes of at least 4 members (excludes halogenated alkanes) is 23. The monoisotopic (exact) mass is 864 g/mol. The number of phosphoric ester groups is 1. The van der Waals surface area contributed by atoms with E-state index in [1.165, 1.54) is 122 Å². The van der Waals surface area contributed by atoms with Gasteiger partial charge in [-0.1, -0.05) is 179 Å². The molecule has 0 radical (unpaired) electrons. The molecule has 0 spiro atoms. The molecule has 0 saturated heterocycles. The van der Waals surface area contributed by atoms with Crippen molar-refractivity contribution in [2.24, 2.45) is 0 Å². The van der Waals surface area contributed by atoms with Crippen molar-refractivity contribution in [2.45, 2.75) is 249 Å². The van der Waals surface area contributed by atoms with Crippen LogP contribution in [-0.4, -0.2) is 108 Å². The maximum Gasteiger partial charge on any atom is 0.472 e. The highest BCUT2D eigenvalue weighted by atomic mass is 31.2. The lowest BCUT2D eigenvalue weighted by Gasteiger charge is -2.41. The third-order valence-electron chi connectivity index (χ3n) is 11.3. The fourth-order valence-corrected chi connectivity index (χ4v) is 8.40. The van der Waals surface area contributed by atoms with Gasteiger partial charge < -0.3 is 46.0 Å². The van der Waals surface area contributed by atoms with Crippen molar-refractivity contribution < 1.29 is 59.0 Å². The number of allylic oxidation sites excluding steroid dienone is 3. The predicted molar refractivity (Wildman–Crippen MR) is 234 cm³/mol. The second kappa shape index (κ2) is 35.3. The molecule has 0 aromatic carbocycles. The first-order valence-electron chi connectivity index (χ1n) is 23.4. The molecule has 0 aliphatic heterocycles. The largest absolute Gasteiger partial charge is 0.472 e. The van der Waals surface area contributed by atoms with Gasteiger partial charge in [-0.25, -0.2) is 4.57 Å². The summed E-state index contributed by atoms with van der Waals surface area (Å²) in [5.41, 5.74) is 0. The summed E-state index contributed by atoms with van der Waals surface area (Å²) in [6, 6.07) is -1.25. The van der Waals surface area contributed by atoms with E-state index in [9.17, 15) is 50.0 Å². The Bertz CT molecular complexity index is 1110. The lowest BCUT2D eigenvalue weighted by Crippen LogP contribution is -2.64. The van der Waals surface area contributed by atoms with Crippen LogP contribution in [0.4, 0.5) is 0 Å². The van der Waals surface area contributed by atoms with Crippen LogP contribution in [0.25, 0.3) is 0 Å². The number of phosphoric acid groups is 1. The molecular formula is C45H86NO12P. The molecule has 14 heteroatoms. The highest BCUT2D eigenvalue weighted by Crippen LogP contribution is 2.47. The lowest BCUT2D eigenvalue weighted by molar-refractivity contribution is -0.220. The van der Waals surface area contributed by atoms with Gasteiger partial charge >= 0.3 is 7.82 Å². The van der Waals surface area contributed by atoms with Gasteiger partial charge in [0.15, 0.2) is 0 Å². The van der Waals surface area contributed by atoms with Crippen molar-refractivity contribution in [2.75, 3.05) is 6.61 Å². The molecule has 1 aliphatic carbocycles. The minimum absolute atomic E-state index is 0.249. The Kier molecular flexibility index (Phi) is 33.3. The van der Waals surface area contributed by atoms with E-state index in [1.54, 1.807) is 6.08 Å². The number of carbonyl (C=O) groups is 1. The summed E-state index contributed by atoms with van der Waals surface area (Å²) < 4.78 is 22.8. The van der Waals surface area contributed by atoms with Crippen LogP contribution in [0.1, 0.15) is 194 Å². The van der Waals surface area contributed by atoms with Gasteiger partial charge in [0.1, 0.15) is 36.6 Å². The second-order valence-electron chi connectivity index (χ2n) is 16.8. The van der Waals surface area contributed by atoms with E-state index in [0.29, 0.717) is 12.8 Å². The number of hydrogen-bond donors (Lipinski definition) is 9. The highest BCUT2D eigenvalue weighted by molar-refractivity contribution is 7.47. The molecular weight excluding hydrogens is 777 g/mol. The molecule has 0 aromatic heterocycles. The molecule has 9 N–H and O–H groups in total. The molecule has 0 heterocycles. The molecule has 1 aliphatic rings. The Morgan fingerprint density at radius 3 is 1.49 bits per heavy atom. The summed E-state index contributed by atoms with van der Waals surface area (Å²) in [7, 11) is -5.14. The van der Waals surface area contributed by atoms with Crippen LogP contribution in [0, 0.1) is 0 Å². The SMILES string of the molecule is CCCCCCCCCCCCCC/C=C/CC/C=C/C(O)C(COP(=O)(O)OC1C(O)C(O)C(O)C(O)C1O)NC(=O)CC(O)CCCCCCCCCCCCC. The maximum atomic E-state index is 13.0. The maximum absolute atomic E-state index is 13.0. The highest BCUT2D eigenvalue weighted by Gasteiger charge is 2.51. The van der Waals surface area contributed by atoms with Crippen molar-refractivity contribution in [3.63, 3.8) is 0 Å². The third-order valence-corrected chi connectivity index (χ3v) is 12.3. The first-order valence-corrected chi connectivity index (χ1v) is 24.9. The van der Waals surface area contributed by atoms with Gasteiger partial charge in [-0.15, -0.1) is 0 Å². The molecule has 1 rings (SSSR count). The lowest BCUT2D eigenvalue weighted by atomic mass is 9.85. The van der Waals surface area contributed by atoms with Crippen LogP contribution in [0.2, 0.25) is 0 Å². The quantitative estimate of drug-likeness (QED) is 0.0166. The number of carbonyl (C=O) groups excluding carboxylic acids is 1. The number of nitrogens with one attached hydrogen (secondary N) is 1. The third kappa shape index (κ3) is 27.5. The molecule has 0 bridgehead atoms. The van der Waals surface area contributed by atoms with Crippen LogP contribution >= 0.6 is 7.82 Å². The van der Waals surface area contributed by atoms with Gasteiger partial charge in [0.2, 0.25) is 5.91 Å². The Morgan fingerprint density at radius 1 is 0.593 bits per heavy atom. The first-order chi connectivity index (χ1) is 28.3. The molecule has 1 saturated carbocycles. The van der Waals surface area contributed by atoms with Crippen molar-refractivity contribution >= 4 is 13.7 Å². The van der Waals surface area contributed by atoms with E-state index in [1.807, 2.05) is 0 Å². The summed E-state index contributed by atoms with van der Waals surface area (Å²) in [4.78, 5) is 23.4. The average Bonchev–Trinajstić information content (AvgIpc) is 3.21. The number of hydrogen-bond acceptors (Lipinski definition) is 11. The van der Waals surface area contributed by atoms with Crippen LogP contribution in [0.3, 0.4) is 0 Å². The smallest absolute Gasteiger partial charge is 0.393 e. The zero-order valence-electron chi connectivity index (χ0n) is 36.7. The number of amides is 1. The van der Waals surface area contributed by atoms with Crippen molar-refractivity contribution in [1.82, 2.24) is 5.32 Å². The molecule has 8 unspecified atom stereocenters. The average molecular weight is 864 g/mol. The van der Waals surface area contributed by atoms with Gasteiger partial charge in [0.05, 0.1) is 31.3 Å². The molecule has 59 heavy (non-hydrogen) atoms. The van der Waals surface area contributed by atoms with E-state index in [0.717, 1.165) is 44.9 Å². The molecule has 348 valence electrons. The molecule has 1 amide bonds. The Labute approximate surface area is 356 Å². The fraction of sp³-hybridized carbons (Fsp3) is 0.889. The molecule has 0 aromatic rings. The first kappa shape index (κ1) is 55.8. The number of aliphatic hydroxyl groups excluding tert-OH is 7. The topological polar surface area (TPSA) is 226 Å². The van der Waals surface area contributed by atoms with E-state index in [2.05, 4.69) is 31.3 Å². The minimum Gasteiger partial charge on any atom is -0.393 e. The van der Waals surface area contributed by atoms with Gasteiger partial charge in [-0.05, 0) is 32.1 Å². The van der Waals surface area contributed by atoms with E-state index in [4.69, 9.17) is 9.05 Å². The summed E-state index contributed by atoms with van der Waals surface area (Å²) in [5, 5.41) is 74.4. The number of rotatable bonds is 38. The van der Waals surface area contributed by atoms with Crippen LogP contribution in [0.5, 0.6) is 0 Å². The van der Waals surface area contributed by atoms with Gasteiger partial charge in [-0.2, -0.15) is 0 Å². The van der Waals surface area contributed by atoms with Gasteiger partial charge in [-0.3, -0.25) is 13.8 Å². The number of aliphatic hydroxyl groups is 7. The molecule has 8 atom stereocenters. The summed E-state index contributed by atoms with van der Waals surface area (Å²) >= 11 is 0. The Hall–Kier alpha value is -1.22. The molecule has 13 nitrogen and oxygen atoms in total. The second-order valence-corrected chi connectivity index (χ2v) is 18.2. The normalized spacial score (nSPS) is 23.8. The summed E-state index contributed by atoms with van der Waals surface area (Å²) in [5.74, 6) is -0.602. The Balaban J connectivity index is 2.58. The zero-order chi connectivity index (χ0) is 43.7. The van der Waals surface area contributed by atoms with Gasteiger partial charge in [0.25, 0.3) is 0 Å². The standard InChI is InChI=1S/C45H86NO12P/c1-3-5-7-9-11-13-15-16-17-18-19-20-21-23-25-27-29-31-33-38(48)37(35-57-59(55,56)58-45-43(53)41(51)40(50)42(52)44(45)54)46-39(49)34-36(47)32-30-28-26-24-22-14-12-10-8-6-4-2/h23,25,31,33,36-38,40-45,47-48,50-54H,3-22,24,26-30,32,34-35H2,1-2H3,(H,46,49)(H,55,56)/b25-23+,33-31+. The van der Waals surface area contributed by atoms with Crippen LogP contribution in [-0.2, 0) is 18.4 Å². The van der Waals surface area contributed by atoms with E-state index < -0.39 is 75.2 Å². The van der Waals surface area contributed by atoms with Gasteiger partial charge in [0, 0.05) is 0 Å². The summed E-state index contributed by atoms with van der Waals surface area (Å²) in [6.07, 6.45) is 24.2. The molecule has 1 fully saturated rings. The van der Waals surface area contributed by atoms with E-state index in [-0.39, 0.29) is 6.42 Å². The van der Waals surface area contributed by atoms with Crippen molar-refractivity contribution in [3.8, 4) is 0 Å². The van der Waals surface area contributed by atoms with Crippen molar-refractivity contribution in [3.05, 3.63) is 24.3 Å². The van der Waals surface area contributed by atoms with Crippen molar-refractivity contribution in [1.29, 1.82) is 0 Å². The fourth-order valence-electron chi connectivity index (χ4n) is 7.43.